The lowest BCUT2D eigenvalue weighted by Crippen LogP contribution is -2.22. The third-order valence-electron chi connectivity index (χ3n) is 2.01. The first-order valence-corrected chi connectivity index (χ1v) is 5.83. The molecule has 1 heterocycles. The van der Waals surface area contributed by atoms with Crippen LogP contribution < -0.4 is 0 Å². The van der Waals surface area contributed by atoms with Crippen LogP contribution in [-0.4, -0.2) is 40.0 Å². The van der Waals surface area contributed by atoms with Crippen LogP contribution in [0.1, 0.15) is 19.8 Å². The van der Waals surface area contributed by atoms with E-state index in [1.807, 2.05) is 12.1 Å². The van der Waals surface area contributed by atoms with E-state index in [1.165, 1.54) is 5.71 Å². The highest BCUT2D eigenvalue weighted by Crippen LogP contribution is 2.06. The highest BCUT2D eigenvalue weighted by atomic mass is 32.2. The van der Waals surface area contributed by atoms with E-state index in [9.17, 15) is 4.21 Å². The predicted octanol–water partition coefficient (Wildman–Crippen LogP) is 0.837. The molecule has 0 aromatic heterocycles. The summed E-state index contributed by atoms with van der Waals surface area (Å²) in [5, 5.41) is 6.34. The van der Waals surface area contributed by atoms with Crippen molar-refractivity contribution in [2.24, 2.45) is 5.10 Å². The molecule has 1 aliphatic heterocycles. The Morgan fingerprint density at radius 1 is 1.50 bits per heavy atom. The Labute approximate surface area is 76.3 Å². The maximum Gasteiger partial charge on any atom is 0.0398 e. The molecule has 0 radical (unpaired) electrons. The minimum atomic E-state index is -0.577. The molecule has 0 atom stereocenters. The van der Waals surface area contributed by atoms with Gasteiger partial charge in [-0.15, -0.1) is 0 Å². The zero-order chi connectivity index (χ0) is 8.97. The zero-order valence-electron chi connectivity index (χ0n) is 7.75. The van der Waals surface area contributed by atoms with Crippen molar-refractivity contribution < 1.29 is 4.21 Å². The maximum atomic E-state index is 11.0. The molecule has 0 spiro atoms. The van der Waals surface area contributed by atoms with Gasteiger partial charge in [0.15, 0.2) is 0 Å². The first-order chi connectivity index (χ1) is 5.72. The molecule has 12 heavy (non-hydrogen) atoms. The molecule has 0 unspecified atom stereocenters. The average Bonchev–Trinajstić information content (AvgIpc) is 2.09. The molecule has 0 amide bonds. The van der Waals surface area contributed by atoms with Crippen LogP contribution >= 0.6 is 0 Å². The van der Waals surface area contributed by atoms with Crippen molar-refractivity contribution in [2.45, 2.75) is 19.8 Å². The quantitative estimate of drug-likeness (QED) is 0.601. The monoisotopic (exact) mass is 188 g/mol. The van der Waals surface area contributed by atoms with Crippen molar-refractivity contribution in [3.8, 4) is 0 Å². The third kappa shape index (κ3) is 2.93. The molecule has 1 rings (SSSR count). The van der Waals surface area contributed by atoms with Crippen molar-refractivity contribution in [2.75, 3.05) is 25.1 Å². The van der Waals surface area contributed by atoms with Gasteiger partial charge in [0.2, 0.25) is 0 Å². The Morgan fingerprint density at radius 2 is 2.08 bits per heavy atom. The highest BCUT2D eigenvalue weighted by Gasteiger charge is 2.12. The van der Waals surface area contributed by atoms with Gasteiger partial charge in [0.25, 0.3) is 0 Å². The Hall–Kier alpha value is -0.380. The smallest absolute Gasteiger partial charge is 0.0398 e. The maximum absolute atomic E-state index is 11.0. The third-order valence-corrected chi connectivity index (χ3v) is 3.33. The summed E-state index contributed by atoms with van der Waals surface area (Å²) in [4.78, 5) is 0. The van der Waals surface area contributed by atoms with Gasteiger partial charge in [0.05, 0.1) is 0 Å². The summed E-state index contributed by atoms with van der Waals surface area (Å²) in [6, 6.07) is 0. The normalized spacial score (nSPS) is 23.8. The van der Waals surface area contributed by atoms with E-state index in [1.54, 1.807) is 0 Å². The summed E-state index contributed by atoms with van der Waals surface area (Å²) >= 11 is 0. The fourth-order valence-electron chi connectivity index (χ4n) is 1.10. The predicted molar refractivity (Wildman–Crippen MR) is 52.8 cm³/mol. The molecule has 0 saturated carbocycles. The lowest BCUT2D eigenvalue weighted by Gasteiger charge is -2.16. The summed E-state index contributed by atoms with van der Waals surface area (Å²) in [6.45, 7) is 3.01. The van der Waals surface area contributed by atoms with E-state index in [0.29, 0.717) is 0 Å². The van der Waals surface area contributed by atoms with Gasteiger partial charge in [-0.25, -0.2) is 0 Å². The van der Waals surface area contributed by atoms with Crippen molar-refractivity contribution in [1.29, 1.82) is 0 Å². The molecular weight excluding hydrogens is 172 g/mol. The minimum Gasteiger partial charge on any atom is -0.300 e. The molecule has 0 aromatic rings. The zero-order valence-corrected chi connectivity index (χ0v) is 8.56. The highest BCUT2D eigenvalue weighted by molar-refractivity contribution is 7.85. The van der Waals surface area contributed by atoms with Crippen molar-refractivity contribution in [3.63, 3.8) is 0 Å². The van der Waals surface area contributed by atoms with Gasteiger partial charge in [-0.2, -0.15) is 5.10 Å². The summed E-state index contributed by atoms with van der Waals surface area (Å²) in [7, 11) is 1.39. The van der Waals surface area contributed by atoms with Gasteiger partial charge < -0.3 is 5.01 Å². The number of hydrogen-bond donors (Lipinski definition) is 0. The fraction of sp³-hybridized carbons (Fsp3) is 0.875. The average molecular weight is 188 g/mol. The summed E-state index contributed by atoms with van der Waals surface area (Å²) in [6.07, 6.45) is 1.83. The number of nitrogens with zero attached hydrogens (tertiary/aromatic N) is 2. The van der Waals surface area contributed by atoms with Crippen LogP contribution in [0.15, 0.2) is 5.10 Å². The van der Waals surface area contributed by atoms with Crippen LogP contribution in [-0.2, 0) is 10.8 Å². The van der Waals surface area contributed by atoms with E-state index in [-0.39, 0.29) is 0 Å². The Balaban J connectivity index is 2.43. The topological polar surface area (TPSA) is 32.7 Å². The van der Waals surface area contributed by atoms with Gasteiger partial charge in [0.1, 0.15) is 0 Å². The second kappa shape index (κ2) is 4.60. The van der Waals surface area contributed by atoms with Gasteiger partial charge >= 0.3 is 0 Å². The lowest BCUT2D eigenvalue weighted by atomic mass is 10.2. The standard InChI is InChI=1S/C8H16N2OS/c1-3-10(2)9-8-4-6-12(11)7-5-8/h3-7H2,1-2H3. The number of rotatable bonds is 2. The second-order valence-electron chi connectivity index (χ2n) is 2.99. The van der Waals surface area contributed by atoms with Gasteiger partial charge in [0, 0.05) is 41.6 Å². The van der Waals surface area contributed by atoms with E-state index >= 15 is 0 Å². The van der Waals surface area contributed by atoms with Crippen LogP contribution in [0.25, 0.3) is 0 Å². The molecule has 1 fully saturated rings. The second-order valence-corrected chi connectivity index (χ2v) is 4.68. The van der Waals surface area contributed by atoms with Crippen molar-refractivity contribution in [1.82, 2.24) is 5.01 Å². The Bertz CT molecular complexity index is 191. The van der Waals surface area contributed by atoms with Crippen LogP contribution in [0.2, 0.25) is 0 Å². The fourth-order valence-corrected chi connectivity index (χ4v) is 2.23. The lowest BCUT2D eigenvalue weighted by molar-refractivity contribution is 0.373. The molecule has 0 N–H and O–H groups in total. The summed E-state index contributed by atoms with van der Waals surface area (Å²) in [5.74, 6) is 1.60. The molecule has 0 aliphatic carbocycles. The minimum absolute atomic E-state index is 0.577. The molecule has 1 saturated heterocycles. The van der Waals surface area contributed by atoms with Crippen LogP contribution in [0.4, 0.5) is 0 Å². The molecule has 0 aromatic carbocycles. The SMILES string of the molecule is CCN(C)N=C1CCS(=O)CC1. The first-order valence-electron chi connectivity index (χ1n) is 4.35. The van der Waals surface area contributed by atoms with Crippen LogP contribution in [0, 0.1) is 0 Å². The van der Waals surface area contributed by atoms with Crippen LogP contribution in [0.5, 0.6) is 0 Å². The Morgan fingerprint density at radius 3 is 2.58 bits per heavy atom. The van der Waals surface area contributed by atoms with E-state index in [4.69, 9.17) is 0 Å². The number of hydrogen-bond acceptors (Lipinski definition) is 3. The first kappa shape index (κ1) is 9.71. The van der Waals surface area contributed by atoms with Gasteiger partial charge in [-0.3, -0.25) is 4.21 Å². The van der Waals surface area contributed by atoms with Crippen molar-refractivity contribution in [3.05, 3.63) is 0 Å². The largest absolute Gasteiger partial charge is 0.300 e. The van der Waals surface area contributed by atoms with Crippen molar-refractivity contribution >= 4 is 16.5 Å². The van der Waals surface area contributed by atoms with Crippen LogP contribution in [0.3, 0.4) is 0 Å². The van der Waals surface area contributed by atoms with Gasteiger partial charge in [-0.1, -0.05) is 0 Å². The van der Waals surface area contributed by atoms with E-state index in [0.717, 1.165) is 30.9 Å². The number of hydrazone groups is 1. The van der Waals surface area contributed by atoms with Gasteiger partial charge in [-0.05, 0) is 19.8 Å². The molecule has 4 heteroatoms. The molecular formula is C8H16N2OS. The Kier molecular flexibility index (Phi) is 3.72. The van der Waals surface area contributed by atoms with E-state index in [2.05, 4.69) is 12.0 Å². The molecule has 1 aliphatic rings. The molecule has 0 bridgehead atoms. The molecule has 3 nitrogen and oxygen atoms in total. The van der Waals surface area contributed by atoms with E-state index < -0.39 is 10.8 Å². The summed E-state index contributed by atoms with van der Waals surface area (Å²) in [5.41, 5.74) is 1.21. The molecule has 70 valence electrons. The summed E-state index contributed by atoms with van der Waals surface area (Å²) < 4.78 is 11.0.